The fraction of sp³-hybridized carbons (Fsp3) is 0.250. The predicted octanol–water partition coefficient (Wildman–Crippen LogP) is 3.91. The summed E-state index contributed by atoms with van der Waals surface area (Å²) >= 11 is 5.92. The summed E-state index contributed by atoms with van der Waals surface area (Å²) in [5, 5.41) is 20.0. The fourth-order valence-corrected chi connectivity index (χ4v) is 2.68. The zero-order valence-electron chi connectivity index (χ0n) is 11.0. The van der Waals surface area contributed by atoms with E-state index in [-0.39, 0.29) is 16.9 Å². The van der Waals surface area contributed by atoms with Crippen LogP contribution in [0.5, 0.6) is 11.5 Å². The number of aliphatic hydroxyl groups is 1. The Hall–Kier alpha value is -1.71. The van der Waals surface area contributed by atoms with Crippen LogP contribution in [0.1, 0.15) is 35.3 Å². The van der Waals surface area contributed by atoms with E-state index in [4.69, 9.17) is 16.3 Å². The average Bonchev–Trinajstić information content (AvgIpc) is 2.42. The van der Waals surface area contributed by atoms with Crippen molar-refractivity contribution in [1.82, 2.24) is 0 Å². The van der Waals surface area contributed by atoms with Crippen molar-refractivity contribution in [2.24, 2.45) is 0 Å². The van der Waals surface area contributed by atoms with E-state index < -0.39 is 6.10 Å². The standard InChI is InChI=1S/C16H15ClO3/c1-9-2-5-15-11(6-9)14(19)8-16(20-15)10-3-4-13(18)12(17)7-10/h2-7,14,16,18-19H,8H2,1H3/t14-,16?/m0/s1. The van der Waals surface area contributed by atoms with E-state index in [2.05, 4.69) is 0 Å². The van der Waals surface area contributed by atoms with E-state index >= 15 is 0 Å². The third-order valence-corrected chi connectivity index (χ3v) is 3.88. The van der Waals surface area contributed by atoms with Gasteiger partial charge < -0.3 is 14.9 Å². The molecule has 3 rings (SSSR count). The highest BCUT2D eigenvalue weighted by molar-refractivity contribution is 6.32. The Kier molecular flexibility index (Phi) is 3.32. The number of benzene rings is 2. The third kappa shape index (κ3) is 2.35. The maximum atomic E-state index is 10.3. The number of aromatic hydroxyl groups is 1. The Morgan fingerprint density at radius 2 is 2.00 bits per heavy atom. The lowest BCUT2D eigenvalue weighted by atomic mass is 9.94. The molecule has 0 aliphatic carbocycles. The van der Waals surface area contributed by atoms with Gasteiger partial charge in [0.25, 0.3) is 0 Å². The summed E-state index contributed by atoms with van der Waals surface area (Å²) in [6.07, 6.45) is -0.355. The number of hydrogen-bond acceptors (Lipinski definition) is 3. The number of phenols is 1. The Bertz CT molecular complexity index is 654. The van der Waals surface area contributed by atoms with Gasteiger partial charge >= 0.3 is 0 Å². The van der Waals surface area contributed by atoms with Crippen molar-refractivity contribution < 1.29 is 14.9 Å². The van der Waals surface area contributed by atoms with Crippen LogP contribution in [0, 0.1) is 6.92 Å². The molecule has 1 heterocycles. The quantitative estimate of drug-likeness (QED) is 0.837. The lowest BCUT2D eigenvalue weighted by Gasteiger charge is -2.30. The summed E-state index contributed by atoms with van der Waals surface area (Å²) in [6.45, 7) is 1.98. The molecule has 2 N–H and O–H groups in total. The molecule has 1 aliphatic heterocycles. The molecule has 1 aliphatic rings. The molecule has 0 fully saturated rings. The highest BCUT2D eigenvalue weighted by Crippen LogP contribution is 2.42. The van der Waals surface area contributed by atoms with Crippen LogP contribution in [0.3, 0.4) is 0 Å². The molecule has 0 saturated carbocycles. The Morgan fingerprint density at radius 1 is 1.20 bits per heavy atom. The summed E-state index contributed by atoms with van der Waals surface area (Å²) in [5.41, 5.74) is 2.77. The summed E-state index contributed by atoms with van der Waals surface area (Å²) in [7, 11) is 0. The molecule has 0 saturated heterocycles. The van der Waals surface area contributed by atoms with Crippen molar-refractivity contribution in [3.05, 3.63) is 58.1 Å². The largest absolute Gasteiger partial charge is 0.506 e. The molecule has 3 nitrogen and oxygen atoms in total. The van der Waals surface area contributed by atoms with Gasteiger partial charge in [0.15, 0.2) is 0 Å². The molecule has 4 heteroatoms. The van der Waals surface area contributed by atoms with E-state index in [9.17, 15) is 10.2 Å². The van der Waals surface area contributed by atoms with Gasteiger partial charge in [0.2, 0.25) is 0 Å². The Balaban J connectivity index is 1.94. The molecule has 1 unspecified atom stereocenters. The monoisotopic (exact) mass is 290 g/mol. The van der Waals surface area contributed by atoms with Gasteiger partial charge in [-0.1, -0.05) is 29.3 Å². The molecule has 20 heavy (non-hydrogen) atoms. The van der Waals surface area contributed by atoms with Gasteiger partial charge in [0.05, 0.1) is 11.1 Å². The normalized spacial score (nSPS) is 21.1. The first kappa shape index (κ1) is 13.3. The van der Waals surface area contributed by atoms with Gasteiger partial charge in [0.1, 0.15) is 17.6 Å². The first-order valence-electron chi connectivity index (χ1n) is 6.48. The minimum atomic E-state index is -0.559. The van der Waals surface area contributed by atoms with Crippen molar-refractivity contribution in [3.63, 3.8) is 0 Å². The van der Waals surface area contributed by atoms with Crippen molar-refractivity contribution in [1.29, 1.82) is 0 Å². The molecule has 0 spiro atoms. The molecule has 2 atom stereocenters. The highest BCUT2D eigenvalue weighted by Gasteiger charge is 2.28. The van der Waals surface area contributed by atoms with Gasteiger partial charge in [-0.15, -0.1) is 0 Å². The van der Waals surface area contributed by atoms with Crippen molar-refractivity contribution in [2.75, 3.05) is 0 Å². The molecule has 0 radical (unpaired) electrons. The van der Waals surface area contributed by atoms with Crippen molar-refractivity contribution in [3.8, 4) is 11.5 Å². The van der Waals surface area contributed by atoms with E-state index in [1.807, 2.05) is 25.1 Å². The second kappa shape index (κ2) is 5.00. The SMILES string of the molecule is Cc1ccc2c(c1)[C@@H](O)CC(c1ccc(O)c(Cl)c1)O2. The topological polar surface area (TPSA) is 49.7 Å². The molecule has 104 valence electrons. The van der Waals surface area contributed by atoms with E-state index in [1.54, 1.807) is 12.1 Å². The van der Waals surface area contributed by atoms with Gasteiger partial charge in [0, 0.05) is 12.0 Å². The van der Waals surface area contributed by atoms with Gasteiger partial charge in [-0.2, -0.15) is 0 Å². The summed E-state index contributed by atoms with van der Waals surface area (Å²) < 4.78 is 5.94. The minimum Gasteiger partial charge on any atom is -0.506 e. The zero-order chi connectivity index (χ0) is 14.3. The number of hydrogen-bond donors (Lipinski definition) is 2. The van der Waals surface area contributed by atoms with Crippen LogP contribution < -0.4 is 4.74 Å². The van der Waals surface area contributed by atoms with E-state index in [0.29, 0.717) is 12.2 Å². The lowest BCUT2D eigenvalue weighted by molar-refractivity contribution is 0.0657. The zero-order valence-corrected chi connectivity index (χ0v) is 11.8. The van der Waals surface area contributed by atoms with E-state index in [1.165, 1.54) is 6.07 Å². The first-order valence-corrected chi connectivity index (χ1v) is 6.86. The number of phenolic OH excluding ortho intramolecular Hbond substituents is 1. The minimum absolute atomic E-state index is 0.0443. The van der Waals surface area contributed by atoms with Crippen LogP contribution in [0.2, 0.25) is 5.02 Å². The molecule has 2 aromatic rings. The van der Waals surface area contributed by atoms with Gasteiger partial charge in [-0.05, 0) is 36.8 Å². The highest BCUT2D eigenvalue weighted by atomic mass is 35.5. The number of rotatable bonds is 1. The number of ether oxygens (including phenoxy) is 1. The Morgan fingerprint density at radius 3 is 2.75 bits per heavy atom. The molecular formula is C16H15ClO3. The molecule has 0 aromatic heterocycles. The van der Waals surface area contributed by atoms with Crippen LogP contribution in [-0.4, -0.2) is 10.2 Å². The van der Waals surface area contributed by atoms with Crippen LogP contribution >= 0.6 is 11.6 Å². The molecule has 2 aromatic carbocycles. The number of fused-ring (bicyclic) bond motifs is 1. The first-order chi connectivity index (χ1) is 9.54. The number of aryl methyl sites for hydroxylation is 1. The van der Waals surface area contributed by atoms with E-state index in [0.717, 1.165) is 16.7 Å². The summed E-state index contributed by atoms with van der Waals surface area (Å²) in [4.78, 5) is 0. The maximum absolute atomic E-state index is 10.3. The van der Waals surface area contributed by atoms with Crippen molar-refractivity contribution >= 4 is 11.6 Å². The van der Waals surface area contributed by atoms with Crippen LogP contribution in [0.15, 0.2) is 36.4 Å². The number of halogens is 1. The van der Waals surface area contributed by atoms with Gasteiger partial charge in [-0.3, -0.25) is 0 Å². The van der Waals surface area contributed by atoms with Crippen LogP contribution in [0.4, 0.5) is 0 Å². The molecular weight excluding hydrogens is 276 g/mol. The maximum Gasteiger partial charge on any atom is 0.134 e. The predicted molar refractivity (Wildman–Crippen MR) is 77.2 cm³/mol. The Labute approximate surface area is 122 Å². The van der Waals surface area contributed by atoms with Crippen molar-refractivity contribution in [2.45, 2.75) is 25.6 Å². The molecule has 0 amide bonds. The fourth-order valence-electron chi connectivity index (χ4n) is 2.49. The third-order valence-electron chi connectivity index (χ3n) is 3.57. The lowest BCUT2D eigenvalue weighted by Crippen LogP contribution is -2.19. The second-order valence-electron chi connectivity index (χ2n) is 5.11. The average molecular weight is 291 g/mol. The smallest absolute Gasteiger partial charge is 0.134 e. The van der Waals surface area contributed by atoms with Gasteiger partial charge in [-0.25, -0.2) is 0 Å². The summed E-state index contributed by atoms with van der Waals surface area (Å²) in [5.74, 6) is 0.742. The molecule has 0 bridgehead atoms. The van der Waals surface area contributed by atoms with Crippen LogP contribution in [0.25, 0.3) is 0 Å². The number of aliphatic hydroxyl groups excluding tert-OH is 1. The second-order valence-corrected chi connectivity index (χ2v) is 5.52. The summed E-state index contributed by atoms with van der Waals surface area (Å²) in [6, 6.07) is 10.8. The van der Waals surface area contributed by atoms with Crippen LogP contribution in [-0.2, 0) is 0 Å².